The Bertz CT molecular complexity index is 183. The highest BCUT2D eigenvalue weighted by Crippen LogP contribution is 2.23. The summed E-state index contributed by atoms with van der Waals surface area (Å²) in [5.74, 6) is 0.202. The van der Waals surface area contributed by atoms with Gasteiger partial charge in [-0.25, -0.2) is 0 Å². The number of hydrogen-bond acceptors (Lipinski definition) is 3. The van der Waals surface area contributed by atoms with Crippen LogP contribution in [-0.4, -0.2) is 40.6 Å². The van der Waals surface area contributed by atoms with Crippen molar-refractivity contribution in [2.24, 2.45) is 5.73 Å². The van der Waals surface area contributed by atoms with Gasteiger partial charge in [0, 0.05) is 13.1 Å². The van der Waals surface area contributed by atoms with Crippen LogP contribution in [0.3, 0.4) is 0 Å². The van der Waals surface area contributed by atoms with Crippen molar-refractivity contribution >= 4 is 5.84 Å². The van der Waals surface area contributed by atoms with E-state index >= 15 is 0 Å². The van der Waals surface area contributed by atoms with Crippen LogP contribution in [0.15, 0.2) is 0 Å². The molecule has 4 heteroatoms. The average Bonchev–Trinajstić information content (AvgIpc) is 1.84. The number of aliphatic hydroxyl groups is 1. The summed E-state index contributed by atoms with van der Waals surface area (Å²) in [6.07, 6.45) is 0.839. The van der Waals surface area contributed by atoms with Crippen molar-refractivity contribution in [3.8, 4) is 0 Å². The Morgan fingerprint density at radius 3 is 2.50 bits per heavy atom. The monoisotopic (exact) mass is 171 g/mol. The minimum absolute atomic E-state index is 0.0187. The molecule has 0 aliphatic carbocycles. The first-order valence-electron chi connectivity index (χ1n) is 4.26. The summed E-state index contributed by atoms with van der Waals surface area (Å²) < 4.78 is 0. The summed E-state index contributed by atoms with van der Waals surface area (Å²) in [7, 11) is 0. The van der Waals surface area contributed by atoms with Crippen LogP contribution in [0.25, 0.3) is 0 Å². The summed E-state index contributed by atoms with van der Waals surface area (Å²) in [6, 6.07) is 0.0187. The molecule has 1 aliphatic rings. The predicted octanol–water partition coefficient (Wildman–Crippen LogP) is -0.232. The second kappa shape index (κ2) is 3.03. The lowest BCUT2D eigenvalue weighted by atomic mass is 9.93. The molecule has 0 spiro atoms. The van der Waals surface area contributed by atoms with Gasteiger partial charge in [0.1, 0.15) is 5.84 Å². The molecule has 0 aromatic rings. The smallest absolute Gasteiger partial charge is 0.108 e. The average molecular weight is 171 g/mol. The summed E-state index contributed by atoms with van der Waals surface area (Å²) in [5.41, 5.74) is 4.84. The Labute approximate surface area is 72.9 Å². The van der Waals surface area contributed by atoms with Gasteiger partial charge in [-0.1, -0.05) is 6.92 Å². The molecular weight excluding hydrogens is 154 g/mol. The van der Waals surface area contributed by atoms with Crippen LogP contribution in [0.5, 0.6) is 0 Å². The van der Waals surface area contributed by atoms with Gasteiger partial charge >= 0.3 is 0 Å². The van der Waals surface area contributed by atoms with E-state index in [2.05, 4.69) is 0 Å². The Morgan fingerprint density at radius 2 is 2.25 bits per heavy atom. The molecular formula is C8H17N3O. The van der Waals surface area contributed by atoms with E-state index in [4.69, 9.17) is 11.1 Å². The highest BCUT2D eigenvalue weighted by molar-refractivity contribution is 5.82. The first-order chi connectivity index (χ1) is 5.46. The SMILES string of the molecule is CCC(C(=N)N)N1CC(C)(O)C1. The van der Waals surface area contributed by atoms with E-state index < -0.39 is 5.60 Å². The van der Waals surface area contributed by atoms with Crippen LogP contribution >= 0.6 is 0 Å². The van der Waals surface area contributed by atoms with Crippen molar-refractivity contribution in [3.63, 3.8) is 0 Å². The summed E-state index contributed by atoms with van der Waals surface area (Å²) in [5, 5.41) is 16.8. The number of likely N-dealkylation sites (tertiary alicyclic amines) is 1. The number of nitrogens with two attached hydrogens (primary N) is 1. The molecule has 0 radical (unpaired) electrons. The third kappa shape index (κ3) is 1.76. The highest BCUT2D eigenvalue weighted by atomic mass is 16.3. The van der Waals surface area contributed by atoms with Gasteiger partial charge in [-0.2, -0.15) is 0 Å². The molecule has 70 valence electrons. The number of hydrogen-bond donors (Lipinski definition) is 3. The molecule has 0 aromatic carbocycles. The molecule has 1 saturated heterocycles. The second-order valence-electron chi connectivity index (χ2n) is 3.78. The van der Waals surface area contributed by atoms with E-state index in [9.17, 15) is 5.11 Å². The van der Waals surface area contributed by atoms with Crippen molar-refractivity contribution in [2.45, 2.75) is 31.9 Å². The molecule has 0 saturated carbocycles. The lowest BCUT2D eigenvalue weighted by Gasteiger charge is -2.47. The van der Waals surface area contributed by atoms with Gasteiger partial charge in [0.05, 0.1) is 11.6 Å². The maximum Gasteiger partial charge on any atom is 0.108 e. The Balaban J connectivity index is 2.45. The van der Waals surface area contributed by atoms with E-state index in [0.29, 0.717) is 13.1 Å². The van der Waals surface area contributed by atoms with Crippen LogP contribution in [0.2, 0.25) is 0 Å². The predicted molar refractivity (Wildman–Crippen MR) is 48.2 cm³/mol. The van der Waals surface area contributed by atoms with Crippen molar-refractivity contribution in [1.82, 2.24) is 4.90 Å². The molecule has 12 heavy (non-hydrogen) atoms. The van der Waals surface area contributed by atoms with Crippen LogP contribution in [0.4, 0.5) is 0 Å². The molecule has 1 aliphatic heterocycles. The van der Waals surface area contributed by atoms with Crippen molar-refractivity contribution in [1.29, 1.82) is 5.41 Å². The summed E-state index contributed by atoms with van der Waals surface area (Å²) in [4.78, 5) is 2.03. The second-order valence-corrected chi connectivity index (χ2v) is 3.78. The molecule has 0 aromatic heterocycles. The maximum atomic E-state index is 9.46. The normalized spacial score (nSPS) is 24.6. The topological polar surface area (TPSA) is 73.3 Å². The fourth-order valence-electron chi connectivity index (χ4n) is 1.72. The first kappa shape index (κ1) is 9.48. The summed E-state index contributed by atoms with van der Waals surface area (Å²) >= 11 is 0. The van der Waals surface area contributed by atoms with Crippen LogP contribution in [-0.2, 0) is 0 Å². The quantitative estimate of drug-likeness (QED) is 0.405. The fraction of sp³-hybridized carbons (Fsp3) is 0.875. The van der Waals surface area contributed by atoms with Gasteiger partial charge < -0.3 is 10.8 Å². The first-order valence-corrected chi connectivity index (χ1v) is 4.26. The molecule has 1 atom stereocenters. The number of nitrogens with zero attached hydrogens (tertiary/aromatic N) is 1. The standard InChI is InChI=1S/C8H17N3O/c1-3-6(7(9)10)11-4-8(2,12)5-11/h6,12H,3-5H2,1-2H3,(H3,9,10). The number of rotatable bonds is 3. The Hall–Kier alpha value is -0.610. The van der Waals surface area contributed by atoms with Gasteiger partial charge in [0.15, 0.2) is 0 Å². The third-order valence-electron chi connectivity index (χ3n) is 2.27. The molecule has 4 nitrogen and oxygen atoms in total. The molecule has 4 N–H and O–H groups in total. The van der Waals surface area contributed by atoms with Crippen molar-refractivity contribution < 1.29 is 5.11 Å². The lowest BCUT2D eigenvalue weighted by Crippen LogP contribution is -2.65. The van der Waals surface area contributed by atoms with E-state index in [1.165, 1.54) is 0 Å². The zero-order chi connectivity index (χ0) is 9.35. The van der Waals surface area contributed by atoms with E-state index in [1.807, 2.05) is 11.8 Å². The summed E-state index contributed by atoms with van der Waals surface area (Å²) in [6.45, 7) is 5.06. The maximum absolute atomic E-state index is 9.46. The van der Waals surface area contributed by atoms with E-state index in [1.54, 1.807) is 6.92 Å². The van der Waals surface area contributed by atoms with Gasteiger partial charge in [-0.15, -0.1) is 0 Å². The zero-order valence-electron chi connectivity index (χ0n) is 7.67. The largest absolute Gasteiger partial charge is 0.388 e. The van der Waals surface area contributed by atoms with Gasteiger partial charge in [-0.05, 0) is 13.3 Å². The van der Waals surface area contributed by atoms with Gasteiger partial charge in [0.2, 0.25) is 0 Å². The number of amidine groups is 1. The van der Waals surface area contributed by atoms with Crippen LogP contribution in [0, 0.1) is 5.41 Å². The van der Waals surface area contributed by atoms with E-state index in [0.717, 1.165) is 6.42 Å². The van der Waals surface area contributed by atoms with Crippen molar-refractivity contribution in [3.05, 3.63) is 0 Å². The zero-order valence-corrected chi connectivity index (χ0v) is 7.67. The van der Waals surface area contributed by atoms with Gasteiger partial charge in [-0.3, -0.25) is 10.3 Å². The Kier molecular flexibility index (Phi) is 2.39. The number of nitrogens with one attached hydrogen (secondary N) is 1. The van der Waals surface area contributed by atoms with Crippen molar-refractivity contribution in [2.75, 3.05) is 13.1 Å². The third-order valence-corrected chi connectivity index (χ3v) is 2.27. The Morgan fingerprint density at radius 1 is 1.75 bits per heavy atom. The lowest BCUT2D eigenvalue weighted by molar-refractivity contribution is -0.0920. The minimum atomic E-state index is -0.567. The fourth-order valence-corrected chi connectivity index (χ4v) is 1.72. The molecule has 0 bridgehead atoms. The molecule has 1 heterocycles. The van der Waals surface area contributed by atoms with Crippen LogP contribution < -0.4 is 5.73 Å². The minimum Gasteiger partial charge on any atom is -0.388 e. The van der Waals surface area contributed by atoms with Gasteiger partial charge in [0.25, 0.3) is 0 Å². The van der Waals surface area contributed by atoms with Crippen LogP contribution in [0.1, 0.15) is 20.3 Å². The molecule has 1 unspecified atom stereocenters. The molecule has 1 rings (SSSR count). The van der Waals surface area contributed by atoms with E-state index in [-0.39, 0.29) is 11.9 Å². The molecule has 1 fully saturated rings. The highest BCUT2D eigenvalue weighted by Gasteiger charge is 2.40. The number of β-amino-alcohol motifs (C(OH)–C–C–N with tert-alkyl or cyclic N) is 1. The molecule has 0 amide bonds.